The van der Waals surface area contributed by atoms with Crippen molar-refractivity contribution in [1.82, 2.24) is 8.25 Å². The van der Waals surface area contributed by atoms with Crippen molar-refractivity contribution in [2.75, 3.05) is 0 Å². The number of rotatable bonds is 4. The molecule has 0 aromatic heterocycles. The topological polar surface area (TPSA) is 161 Å². The number of alkyl halides is 12. The maximum atomic E-state index is 11.5. The molecule has 0 aliphatic carbocycles. The van der Waals surface area contributed by atoms with E-state index in [9.17, 15) is 86.4 Å². The Morgan fingerprint density at radius 2 is 0.452 bits per heavy atom. The summed E-state index contributed by atoms with van der Waals surface area (Å²) in [4.78, 5) is 0. The zero-order chi connectivity index (χ0) is 25.4. The van der Waals surface area contributed by atoms with Gasteiger partial charge in [-0.2, -0.15) is 52.7 Å². The van der Waals surface area contributed by atoms with Crippen LogP contribution in [0.3, 0.4) is 0 Å². The van der Waals surface area contributed by atoms with Crippen molar-refractivity contribution >= 4 is 40.1 Å². The van der Waals surface area contributed by atoms with Gasteiger partial charge in [0.1, 0.15) is 0 Å². The fourth-order valence-electron chi connectivity index (χ4n) is 0.478. The maximum absolute atomic E-state index is 11.5. The summed E-state index contributed by atoms with van der Waals surface area (Å²) >= 11 is 0. The van der Waals surface area contributed by atoms with E-state index in [2.05, 4.69) is 0 Å². The summed E-state index contributed by atoms with van der Waals surface area (Å²) in [5, 5.41) is 0. The predicted octanol–water partition coefficient (Wildman–Crippen LogP) is 0.548. The molecule has 0 spiro atoms. The molecule has 0 atom stereocenters. The summed E-state index contributed by atoms with van der Waals surface area (Å²) in [6.07, 6.45) is 0. The molecule has 0 unspecified atom stereocenters. The zero-order valence-corrected chi connectivity index (χ0v) is 18.7. The first-order valence-corrected chi connectivity index (χ1v) is 11.2. The van der Waals surface area contributed by atoms with Gasteiger partial charge in [0.2, 0.25) is 0 Å². The Morgan fingerprint density at radius 1 is 0.355 bits per heavy atom. The van der Waals surface area contributed by atoms with Gasteiger partial charge in [0.25, 0.3) is 0 Å². The predicted molar refractivity (Wildman–Crippen MR) is 66.2 cm³/mol. The summed E-state index contributed by atoms with van der Waals surface area (Å²) in [5.74, 6) is 0. The van der Waals surface area contributed by atoms with Crippen LogP contribution in [0.4, 0.5) is 52.7 Å². The molecule has 10 nitrogen and oxygen atoms in total. The molecular weight excluding hydrogens is 652 g/mol. The molecule has 0 aliphatic rings. The van der Waals surface area contributed by atoms with Gasteiger partial charge in [0.15, 0.2) is 0 Å². The van der Waals surface area contributed by atoms with Gasteiger partial charge in [0.05, 0.1) is 0 Å². The SMILES string of the molecule is O=S(=O)(NS(=O)(=O)C(F)(F)F)C(F)(F)F.O=S(=O)(NS(=O)(=O)C(F)(F)F)C(F)(F)F.[Zr]. The van der Waals surface area contributed by atoms with E-state index >= 15 is 0 Å². The Kier molecular flexibility index (Phi) is 11.3. The standard InChI is InChI=1S/2C2HF6NO4S2.Zr/c2*3-1(4,5)14(10,11)9-15(12,13)2(6,7)8;/h2*9H;. The Labute approximate surface area is 182 Å². The van der Waals surface area contributed by atoms with E-state index in [0.29, 0.717) is 0 Å². The maximum Gasteiger partial charge on any atom is 0.512 e. The molecule has 0 saturated carbocycles. The Balaban J connectivity index is -0.000000490. The van der Waals surface area contributed by atoms with Crippen molar-refractivity contribution in [3.63, 3.8) is 0 Å². The molecule has 0 radical (unpaired) electrons. The third-order valence-electron chi connectivity index (χ3n) is 1.66. The molecular formula is C4H2F12N2O8S4Zr. The van der Waals surface area contributed by atoms with Crippen LogP contribution >= 0.6 is 0 Å². The van der Waals surface area contributed by atoms with Crippen LogP contribution in [0, 0.1) is 0 Å². The molecule has 0 bridgehead atoms. The minimum absolute atomic E-state index is 0. The Hall–Kier alpha value is -0.237. The molecule has 27 heteroatoms. The van der Waals surface area contributed by atoms with E-state index < -0.39 is 70.4 Å². The van der Waals surface area contributed by atoms with Crippen molar-refractivity contribution in [2.45, 2.75) is 22.0 Å². The molecule has 188 valence electrons. The first-order chi connectivity index (χ1) is 12.4. The fourth-order valence-corrected chi connectivity index (χ4v) is 4.30. The number of nitrogens with one attached hydrogen (secondary N) is 2. The Bertz CT molecular complexity index is 862. The van der Waals surface area contributed by atoms with Crippen molar-refractivity contribution in [1.29, 1.82) is 0 Å². The van der Waals surface area contributed by atoms with Crippen molar-refractivity contribution < 1.29 is 113 Å². The molecule has 0 rings (SSSR count). The summed E-state index contributed by atoms with van der Waals surface area (Å²) in [6.45, 7) is 0. The van der Waals surface area contributed by atoms with Crippen molar-refractivity contribution in [3.05, 3.63) is 0 Å². The van der Waals surface area contributed by atoms with Crippen LogP contribution in [0.15, 0.2) is 0 Å². The van der Waals surface area contributed by atoms with Crippen molar-refractivity contribution in [3.8, 4) is 0 Å². The fraction of sp³-hybridized carbons (Fsp3) is 1.00. The van der Waals surface area contributed by atoms with Gasteiger partial charge in [0, 0.05) is 26.2 Å². The van der Waals surface area contributed by atoms with Gasteiger partial charge in [-0.15, -0.1) is 0 Å². The number of hydrogen-bond donors (Lipinski definition) is 2. The molecule has 0 saturated heterocycles. The molecule has 0 fully saturated rings. The first-order valence-electron chi connectivity index (χ1n) is 5.23. The number of sulfonamides is 4. The zero-order valence-electron chi connectivity index (χ0n) is 12.9. The summed E-state index contributed by atoms with van der Waals surface area (Å²) < 4.78 is 217. The van der Waals surface area contributed by atoms with Crippen LogP contribution in [0.25, 0.3) is 0 Å². The summed E-state index contributed by atoms with van der Waals surface area (Å²) in [7, 11) is -26.4. The average molecular weight is 654 g/mol. The van der Waals surface area contributed by atoms with Crippen LogP contribution in [-0.2, 0) is 66.3 Å². The van der Waals surface area contributed by atoms with E-state index in [1.807, 2.05) is 0 Å². The van der Waals surface area contributed by atoms with E-state index in [-0.39, 0.29) is 26.2 Å². The van der Waals surface area contributed by atoms with E-state index in [1.54, 1.807) is 0 Å². The summed E-state index contributed by atoms with van der Waals surface area (Å²) in [6, 6.07) is 0. The average Bonchev–Trinajstić information content (AvgIpc) is 2.30. The van der Waals surface area contributed by atoms with Crippen LogP contribution < -0.4 is 8.25 Å². The van der Waals surface area contributed by atoms with Gasteiger partial charge in [-0.25, -0.2) is 33.7 Å². The van der Waals surface area contributed by atoms with Crippen molar-refractivity contribution in [2.24, 2.45) is 0 Å². The second kappa shape index (κ2) is 9.94. The van der Waals surface area contributed by atoms with Crippen LogP contribution in [0.1, 0.15) is 0 Å². The quantitative estimate of drug-likeness (QED) is 0.416. The third-order valence-corrected chi connectivity index (χ3v) is 7.61. The van der Waals surface area contributed by atoms with E-state index in [4.69, 9.17) is 0 Å². The van der Waals surface area contributed by atoms with Gasteiger partial charge in [-0.1, -0.05) is 8.25 Å². The molecule has 0 aromatic rings. The molecule has 0 aromatic carbocycles. The van der Waals surface area contributed by atoms with Gasteiger partial charge in [-0.05, 0) is 0 Å². The second-order valence-corrected chi connectivity index (χ2v) is 11.2. The largest absolute Gasteiger partial charge is 0.512 e. The second-order valence-electron chi connectivity index (χ2n) is 3.96. The van der Waals surface area contributed by atoms with Gasteiger partial charge >= 0.3 is 62.1 Å². The smallest absolute Gasteiger partial charge is 0.202 e. The molecule has 31 heavy (non-hydrogen) atoms. The summed E-state index contributed by atoms with van der Waals surface area (Å²) in [5.41, 5.74) is -24.6. The minimum Gasteiger partial charge on any atom is -0.202 e. The number of halogens is 12. The first kappa shape index (κ1) is 35.4. The van der Waals surface area contributed by atoms with Crippen LogP contribution in [0.2, 0.25) is 0 Å². The van der Waals surface area contributed by atoms with E-state index in [1.165, 1.54) is 0 Å². The number of hydrogen-bond acceptors (Lipinski definition) is 8. The minimum atomic E-state index is -6.60. The van der Waals surface area contributed by atoms with Gasteiger partial charge < -0.3 is 0 Å². The monoisotopic (exact) mass is 652 g/mol. The van der Waals surface area contributed by atoms with E-state index in [0.717, 1.165) is 0 Å². The van der Waals surface area contributed by atoms with Gasteiger partial charge in [-0.3, -0.25) is 0 Å². The Morgan fingerprint density at radius 3 is 0.516 bits per heavy atom. The molecule has 2 N–H and O–H groups in total. The molecule has 0 amide bonds. The normalized spacial score (nSPS) is 14.8. The van der Waals surface area contributed by atoms with Crippen LogP contribution in [0.5, 0.6) is 0 Å². The third kappa shape index (κ3) is 10.1. The molecule has 0 heterocycles. The molecule has 0 aliphatic heterocycles. The van der Waals surface area contributed by atoms with Crippen LogP contribution in [-0.4, -0.2) is 55.7 Å².